The summed E-state index contributed by atoms with van der Waals surface area (Å²) in [6.45, 7) is 7.26. The molecule has 4 heterocycles. The van der Waals surface area contributed by atoms with Crippen molar-refractivity contribution in [3.63, 3.8) is 0 Å². The molecule has 1 fully saturated rings. The molecule has 0 aliphatic carbocycles. The van der Waals surface area contributed by atoms with Crippen LogP contribution in [-0.2, 0) is 30.5 Å². The smallest absolute Gasteiger partial charge is 0.278 e. The topological polar surface area (TPSA) is 169 Å². The van der Waals surface area contributed by atoms with Crippen molar-refractivity contribution in [2.45, 2.75) is 64.0 Å². The number of piperidine rings is 1. The van der Waals surface area contributed by atoms with Crippen molar-refractivity contribution in [1.82, 2.24) is 24.8 Å². The maximum atomic E-state index is 13.7. The molecular formula is C27H32N6O8Si. The zero-order valence-corrected chi connectivity index (χ0v) is 24.7. The highest BCUT2D eigenvalue weighted by atomic mass is 28.3. The van der Waals surface area contributed by atoms with E-state index in [0.717, 1.165) is 15.8 Å². The Labute approximate surface area is 242 Å². The molecule has 222 valence electrons. The molecule has 1 atom stereocenters. The molecule has 0 saturated carbocycles. The molecule has 2 aromatic rings. The second-order valence-corrected chi connectivity index (χ2v) is 17.3. The quantitative estimate of drug-likeness (QED) is 0.130. The number of nitrogens with zero attached hydrogens (tertiary/aromatic N) is 6. The molecule has 3 aliphatic rings. The predicted octanol–water partition coefficient (Wildman–Crippen LogP) is 2.69. The maximum Gasteiger partial charge on any atom is 0.278 e. The Balaban J connectivity index is 1.29. The highest BCUT2D eigenvalue weighted by Crippen LogP contribution is 2.35. The van der Waals surface area contributed by atoms with Gasteiger partial charge in [-0.05, 0) is 25.3 Å². The summed E-state index contributed by atoms with van der Waals surface area (Å²) < 4.78 is 11.0. The monoisotopic (exact) mass is 596 g/mol. The first-order valence-corrected chi connectivity index (χ1v) is 17.5. The lowest BCUT2D eigenvalue weighted by Crippen LogP contribution is -2.57. The highest BCUT2D eigenvalue weighted by Gasteiger charge is 2.50. The third-order valence-electron chi connectivity index (χ3n) is 7.48. The Bertz CT molecular complexity index is 1480. The van der Waals surface area contributed by atoms with E-state index >= 15 is 0 Å². The van der Waals surface area contributed by atoms with Crippen LogP contribution in [0.2, 0.25) is 25.7 Å². The van der Waals surface area contributed by atoms with Crippen LogP contribution in [0.5, 0.6) is 0 Å². The number of rotatable bonds is 10. The van der Waals surface area contributed by atoms with Gasteiger partial charge in [0, 0.05) is 50.9 Å². The Morgan fingerprint density at radius 3 is 2.67 bits per heavy atom. The van der Waals surface area contributed by atoms with Crippen molar-refractivity contribution in [3.05, 3.63) is 51.5 Å². The third-order valence-corrected chi connectivity index (χ3v) is 9.18. The lowest BCUT2D eigenvalue weighted by molar-refractivity contribution is -0.384. The highest BCUT2D eigenvalue weighted by molar-refractivity contribution is 6.76. The van der Waals surface area contributed by atoms with Crippen LogP contribution in [-0.4, -0.2) is 87.4 Å². The molecule has 1 saturated heterocycles. The largest absolute Gasteiger partial charge is 0.361 e. The number of nitro groups is 1. The standard InChI is InChI=1S/C27H32N6O8Si/c1-42(2,3)13-12-40-16-31-22(34)10-9-20(26(31)36)32-25(35)19-8-5-11-30(23(19)27(32)37)15-21-28-24(29-41-21)17-6-4-7-18(14-17)33(38)39/h4,6-7,14,20H,5,8-13,15-16H2,1-3H3. The summed E-state index contributed by atoms with van der Waals surface area (Å²) >= 11 is 0. The zero-order valence-electron chi connectivity index (χ0n) is 23.7. The number of hydrogen-bond donors (Lipinski definition) is 0. The van der Waals surface area contributed by atoms with Gasteiger partial charge in [0.25, 0.3) is 23.4 Å². The van der Waals surface area contributed by atoms with E-state index in [9.17, 15) is 29.3 Å². The van der Waals surface area contributed by atoms with Gasteiger partial charge in [-0.15, -0.1) is 0 Å². The Hall–Kier alpha value is -4.24. The molecule has 1 aromatic heterocycles. The van der Waals surface area contributed by atoms with Gasteiger partial charge in [-0.25, -0.2) is 0 Å². The predicted molar refractivity (Wildman–Crippen MR) is 149 cm³/mol. The minimum atomic E-state index is -1.37. The lowest BCUT2D eigenvalue weighted by Gasteiger charge is -2.34. The first-order chi connectivity index (χ1) is 19.9. The number of benzene rings is 1. The van der Waals surface area contributed by atoms with Crippen molar-refractivity contribution < 1.29 is 33.4 Å². The summed E-state index contributed by atoms with van der Waals surface area (Å²) in [5, 5.41) is 15.0. The SMILES string of the molecule is C[Si](C)(C)CCOCN1C(=O)CCC(N2C(=O)C3=C(C2=O)N(Cc2nc(-c4cccc([N+](=O)[O-])c4)no2)CCC3)C1=O. The fourth-order valence-electron chi connectivity index (χ4n) is 5.22. The number of carbonyl (C=O) groups is 4. The average Bonchev–Trinajstić information content (AvgIpc) is 3.51. The van der Waals surface area contributed by atoms with Gasteiger partial charge in [-0.1, -0.05) is 36.9 Å². The van der Waals surface area contributed by atoms with Crippen LogP contribution < -0.4 is 0 Å². The van der Waals surface area contributed by atoms with E-state index in [1.807, 2.05) is 0 Å². The molecule has 1 unspecified atom stereocenters. The van der Waals surface area contributed by atoms with Crippen molar-refractivity contribution in [1.29, 1.82) is 0 Å². The molecule has 42 heavy (non-hydrogen) atoms. The first-order valence-electron chi connectivity index (χ1n) is 13.8. The first kappa shape index (κ1) is 29.3. The number of ether oxygens (including phenoxy) is 1. The van der Waals surface area contributed by atoms with Gasteiger partial charge in [0.05, 0.1) is 11.5 Å². The Kier molecular flexibility index (Phi) is 8.05. The molecule has 0 bridgehead atoms. The van der Waals surface area contributed by atoms with Crippen LogP contribution in [0.25, 0.3) is 11.4 Å². The minimum Gasteiger partial charge on any atom is -0.361 e. The third kappa shape index (κ3) is 5.87. The molecule has 4 amide bonds. The molecule has 5 rings (SSSR count). The summed E-state index contributed by atoms with van der Waals surface area (Å²) in [6, 6.07) is 5.60. The van der Waals surface area contributed by atoms with Crippen molar-refractivity contribution in [2.24, 2.45) is 0 Å². The number of nitro benzene ring substituents is 1. The number of carbonyl (C=O) groups excluding carboxylic acids is 4. The van der Waals surface area contributed by atoms with Crippen LogP contribution in [0.1, 0.15) is 31.6 Å². The Morgan fingerprint density at radius 1 is 1.14 bits per heavy atom. The molecule has 0 spiro atoms. The summed E-state index contributed by atoms with van der Waals surface area (Å²) in [5.41, 5.74) is 0.780. The molecular weight excluding hydrogens is 564 g/mol. The molecule has 3 aliphatic heterocycles. The fourth-order valence-corrected chi connectivity index (χ4v) is 5.98. The van der Waals surface area contributed by atoms with E-state index in [1.165, 1.54) is 18.2 Å². The van der Waals surface area contributed by atoms with E-state index in [2.05, 4.69) is 29.8 Å². The van der Waals surface area contributed by atoms with Gasteiger partial charge in [0.1, 0.15) is 18.5 Å². The summed E-state index contributed by atoms with van der Waals surface area (Å²) in [4.78, 5) is 71.7. The molecule has 0 N–H and O–H groups in total. The van der Waals surface area contributed by atoms with Gasteiger partial charge < -0.3 is 14.2 Å². The second-order valence-electron chi connectivity index (χ2n) is 11.7. The molecule has 14 nitrogen and oxygen atoms in total. The van der Waals surface area contributed by atoms with E-state index in [4.69, 9.17) is 9.26 Å². The van der Waals surface area contributed by atoms with E-state index in [-0.39, 0.29) is 49.2 Å². The number of likely N-dealkylation sites (tertiary alicyclic amines) is 1. The van der Waals surface area contributed by atoms with Gasteiger partial charge in [-0.2, -0.15) is 4.98 Å². The molecule has 15 heteroatoms. The zero-order chi connectivity index (χ0) is 30.2. The Morgan fingerprint density at radius 2 is 1.93 bits per heavy atom. The van der Waals surface area contributed by atoms with Crippen molar-refractivity contribution >= 4 is 37.4 Å². The number of amides is 4. The average molecular weight is 597 g/mol. The number of imide groups is 2. The van der Waals surface area contributed by atoms with Crippen molar-refractivity contribution in [3.8, 4) is 11.4 Å². The van der Waals surface area contributed by atoms with Crippen LogP contribution >= 0.6 is 0 Å². The lowest BCUT2D eigenvalue weighted by atomic mass is 10.0. The van der Waals surface area contributed by atoms with Gasteiger partial charge >= 0.3 is 0 Å². The maximum absolute atomic E-state index is 13.7. The summed E-state index contributed by atoms with van der Waals surface area (Å²) in [7, 11) is -1.37. The fraction of sp³-hybridized carbons (Fsp3) is 0.481. The molecule has 1 aromatic carbocycles. The minimum absolute atomic E-state index is 0.0155. The van der Waals surface area contributed by atoms with Crippen LogP contribution in [0.15, 0.2) is 40.1 Å². The number of aromatic nitrogens is 2. The normalized spacial score (nSPS) is 19.7. The summed E-state index contributed by atoms with van der Waals surface area (Å²) in [5.74, 6) is -1.83. The van der Waals surface area contributed by atoms with Gasteiger partial charge in [0.15, 0.2) is 0 Å². The van der Waals surface area contributed by atoms with Crippen molar-refractivity contribution in [2.75, 3.05) is 19.9 Å². The van der Waals surface area contributed by atoms with E-state index in [1.54, 1.807) is 11.0 Å². The molecule has 0 radical (unpaired) electrons. The van der Waals surface area contributed by atoms with E-state index < -0.39 is 42.7 Å². The van der Waals surface area contributed by atoms with Gasteiger partial charge in [-0.3, -0.25) is 39.1 Å². The number of hydrogen-bond acceptors (Lipinski definition) is 11. The van der Waals surface area contributed by atoms with Crippen LogP contribution in [0.4, 0.5) is 5.69 Å². The van der Waals surface area contributed by atoms with Crippen LogP contribution in [0.3, 0.4) is 0 Å². The summed E-state index contributed by atoms with van der Waals surface area (Å²) in [6.07, 6.45) is 1.03. The van der Waals surface area contributed by atoms with Gasteiger partial charge in [0.2, 0.25) is 17.6 Å². The number of non-ortho nitro benzene ring substituents is 1. The second kappa shape index (κ2) is 11.6. The van der Waals surface area contributed by atoms with E-state index in [0.29, 0.717) is 37.1 Å². The van der Waals surface area contributed by atoms with Crippen LogP contribution in [0, 0.1) is 10.1 Å².